The summed E-state index contributed by atoms with van der Waals surface area (Å²) in [6.45, 7) is 11.0. The summed E-state index contributed by atoms with van der Waals surface area (Å²) in [4.78, 5) is 33.2. The number of aliphatic hydroxyl groups is 2. The van der Waals surface area contributed by atoms with Gasteiger partial charge >= 0.3 is 0 Å². The van der Waals surface area contributed by atoms with Gasteiger partial charge in [0.2, 0.25) is 11.8 Å². The van der Waals surface area contributed by atoms with Crippen molar-refractivity contribution in [2.75, 3.05) is 26.3 Å². The summed E-state index contributed by atoms with van der Waals surface area (Å²) in [5, 5.41) is 35.7. The number of carbonyl (C=O) groups excluding carboxylic acids is 2. The summed E-state index contributed by atoms with van der Waals surface area (Å²) in [6.07, 6.45) is 4.47. The van der Waals surface area contributed by atoms with Crippen LogP contribution in [0.1, 0.15) is 77.3 Å². The van der Waals surface area contributed by atoms with E-state index in [9.17, 15) is 24.9 Å². The number of likely N-dealkylation sites (tertiary alicyclic amines) is 2. The first-order chi connectivity index (χ1) is 28.9. The Morgan fingerprint density at radius 2 is 1.48 bits per heavy atom. The lowest BCUT2D eigenvalue weighted by molar-refractivity contribution is -0.144. The molecule has 3 aliphatic rings. The highest BCUT2D eigenvalue weighted by molar-refractivity contribution is 6.99. The molecule has 1 aliphatic carbocycles. The number of fused-ring (bicyclic) bond motifs is 1. The van der Waals surface area contributed by atoms with Gasteiger partial charge < -0.3 is 19.7 Å². The third-order valence-electron chi connectivity index (χ3n) is 13.3. The number of aliphatic hydroxyl groups excluding tert-OH is 2. The molecular weight excluding hydrogens is 765 g/mol. The normalized spacial score (nSPS) is 21.4. The number of hydrogen-bond acceptors (Lipinski definition) is 7. The lowest BCUT2D eigenvalue weighted by Gasteiger charge is -2.44. The zero-order valence-corrected chi connectivity index (χ0v) is 36.7. The van der Waals surface area contributed by atoms with Crippen molar-refractivity contribution in [3.05, 3.63) is 143 Å². The van der Waals surface area contributed by atoms with Gasteiger partial charge in [-0.05, 0) is 88.3 Å². The Hall–Kier alpha value is -4.64. The fraction of sp³-hybridized carbons (Fsp3) is 0.412. The molecule has 2 heterocycles. The number of phenols is 1. The van der Waals surface area contributed by atoms with Crippen molar-refractivity contribution >= 4 is 36.6 Å². The number of allylic oxidation sites excluding steroid dienone is 1. The van der Waals surface area contributed by atoms with Crippen molar-refractivity contribution in [1.29, 1.82) is 0 Å². The van der Waals surface area contributed by atoms with Gasteiger partial charge in [-0.2, -0.15) is 0 Å². The van der Waals surface area contributed by atoms with Gasteiger partial charge in [-0.3, -0.25) is 19.4 Å². The minimum absolute atomic E-state index is 0.163. The van der Waals surface area contributed by atoms with Crippen LogP contribution in [-0.4, -0.2) is 83.7 Å². The lowest BCUT2D eigenvalue weighted by atomic mass is 9.68. The number of rotatable bonds is 15. The van der Waals surface area contributed by atoms with Gasteiger partial charge in [-0.1, -0.05) is 142 Å². The molecular formula is C51H62N2O6Si. The number of nitrogens with zero attached hydrogens (tertiary/aromatic N) is 2. The van der Waals surface area contributed by atoms with Gasteiger partial charge in [0, 0.05) is 31.6 Å². The van der Waals surface area contributed by atoms with Crippen molar-refractivity contribution in [2.24, 2.45) is 17.8 Å². The number of hydrogen-bond donors (Lipinski definition) is 3. The quantitative estimate of drug-likeness (QED) is 0.0648. The first-order valence-corrected chi connectivity index (χ1v) is 23.7. The minimum atomic E-state index is -3.03. The van der Waals surface area contributed by atoms with E-state index in [-0.39, 0.29) is 41.9 Å². The first-order valence-electron chi connectivity index (χ1n) is 21.8. The molecule has 2 fully saturated rings. The van der Waals surface area contributed by atoms with Crippen LogP contribution < -0.4 is 10.4 Å². The molecule has 2 aliphatic heterocycles. The van der Waals surface area contributed by atoms with Gasteiger partial charge in [0.15, 0.2) is 0 Å². The summed E-state index contributed by atoms with van der Waals surface area (Å²) < 4.78 is 7.47. The highest BCUT2D eigenvalue weighted by Gasteiger charge is 2.57. The Balaban J connectivity index is 1.22. The standard InChI is InChI=1S/C51H62N2O6Si/c1-5-36(30-38-18-15-19-41(55)31-38)24-25-46(56)47-39(35-59-60(51(2,3)4,42-20-11-7-12-21-42)43-22-13-8-14-23-43)32-44-48(45(47)34-54)50(58)53(49(44)57)40-26-28-52(29-27-40)33-37-16-9-6-10-17-37/h6-23,30-31,40,44-46,48,54-56H,5,24-29,32-35H2,1-4H3/b36-30+/t44-,45+,46-,48-/m1/s1. The van der Waals surface area contributed by atoms with Gasteiger partial charge in [0.05, 0.1) is 31.2 Å². The van der Waals surface area contributed by atoms with Gasteiger partial charge in [0.25, 0.3) is 8.32 Å². The number of imide groups is 1. The summed E-state index contributed by atoms with van der Waals surface area (Å²) in [6, 6.07) is 38.1. The van der Waals surface area contributed by atoms with E-state index in [1.807, 2.05) is 42.5 Å². The third kappa shape index (κ3) is 9.02. The monoisotopic (exact) mass is 826 g/mol. The number of phenolic OH excluding ortho intramolecular Hbond substituents is 1. The average Bonchev–Trinajstić information content (AvgIpc) is 3.50. The van der Waals surface area contributed by atoms with E-state index >= 15 is 0 Å². The second kappa shape index (κ2) is 19.0. The van der Waals surface area contributed by atoms with Crippen LogP contribution in [0.5, 0.6) is 5.75 Å². The topological polar surface area (TPSA) is 111 Å². The zero-order chi connectivity index (χ0) is 42.4. The zero-order valence-electron chi connectivity index (χ0n) is 35.7. The molecule has 9 heteroatoms. The van der Waals surface area contributed by atoms with Crippen molar-refractivity contribution in [3.63, 3.8) is 0 Å². The smallest absolute Gasteiger partial charge is 0.261 e. The van der Waals surface area contributed by atoms with Gasteiger partial charge in [0.1, 0.15) is 5.75 Å². The largest absolute Gasteiger partial charge is 0.508 e. The summed E-state index contributed by atoms with van der Waals surface area (Å²) >= 11 is 0. The second-order valence-electron chi connectivity index (χ2n) is 18.0. The Morgan fingerprint density at radius 3 is 2.05 bits per heavy atom. The van der Waals surface area contributed by atoms with Crippen LogP contribution in [0, 0.1) is 17.8 Å². The van der Waals surface area contributed by atoms with Gasteiger partial charge in [-0.15, -0.1) is 0 Å². The van der Waals surface area contributed by atoms with E-state index in [0.717, 1.165) is 53.1 Å². The SMILES string of the molecule is CC/C(=C\c1cccc(O)c1)CC[C@@H](O)C1=C(CO[Si](c2ccccc2)(c2ccccc2)C(C)(C)C)C[C@H]2C(=O)N(C3CCN(Cc4ccccc4)CC3)C(=O)[C@H]2[C@H]1CO. The number of benzene rings is 4. The highest BCUT2D eigenvalue weighted by Crippen LogP contribution is 2.48. The first kappa shape index (κ1) is 43.4. The molecule has 3 N–H and O–H groups in total. The predicted molar refractivity (Wildman–Crippen MR) is 241 cm³/mol. The third-order valence-corrected chi connectivity index (χ3v) is 18.2. The molecule has 0 unspecified atom stereocenters. The Kier molecular flexibility index (Phi) is 13.7. The summed E-state index contributed by atoms with van der Waals surface area (Å²) in [5.74, 6) is -2.30. The molecule has 0 saturated carbocycles. The van der Waals surface area contributed by atoms with E-state index in [2.05, 4.69) is 99.3 Å². The average molecular weight is 827 g/mol. The lowest BCUT2D eigenvalue weighted by Crippen LogP contribution is -2.66. The summed E-state index contributed by atoms with van der Waals surface area (Å²) in [5.41, 5.74) is 4.69. The maximum atomic E-state index is 14.7. The molecule has 8 nitrogen and oxygen atoms in total. The fourth-order valence-electron chi connectivity index (χ4n) is 10.3. The molecule has 2 saturated heterocycles. The van der Waals surface area contributed by atoms with Crippen LogP contribution in [0.4, 0.5) is 0 Å². The van der Waals surface area contributed by atoms with Crippen molar-refractivity contribution < 1.29 is 29.3 Å². The van der Waals surface area contributed by atoms with E-state index < -0.39 is 32.2 Å². The van der Waals surface area contributed by atoms with E-state index in [1.54, 1.807) is 17.0 Å². The van der Waals surface area contributed by atoms with Crippen LogP contribution in [-0.2, 0) is 20.6 Å². The molecule has 4 atom stereocenters. The minimum Gasteiger partial charge on any atom is -0.508 e. The van der Waals surface area contributed by atoms with E-state index in [4.69, 9.17) is 4.43 Å². The molecule has 0 aromatic heterocycles. The molecule has 60 heavy (non-hydrogen) atoms. The number of carbonyl (C=O) groups is 2. The molecule has 316 valence electrons. The van der Waals surface area contributed by atoms with E-state index in [1.165, 1.54) is 5.56 Å². The maximum absolute atomic E-state index is 14.7. The van der Waals surface area contributed by atoms with Crippen molar-refractivity contribution in [2.45, 2.75) is 89.9 Å². The Labute approximate surface area is 357 Å². The van der Waals surface area contributed by atoms with E-state index in [0.29, 0.717) is 37.7 Å². The predicted octanol–water partition coefficient (Wildman–Crippen LogP) is 7.48. The van der Waals surface area contributed by atoms with Crippen molar-refractivity contribution in [1.82, 2.24) is 9.80 Å². The van der Waals surface area contributed by atoms with Crippen LogP contribution >= 0.6 is 0 Å². The molecule has 2 amide bonds. The summed E-state index contributed by atoms with van der Waals surface area (Å²) in [7, 11) is -3.03. The molecule has 0 radical (unpaired) electrons. The fourth-order valence-corrected chi connectivity index (χ4v) is 14.8. The number of amides is 2. The van der Waals surface area contributed by atoms with Crippen LogP contribution in [0.25, 0.3) is 6.08 Å². The Morgan fingerprint density at radius 1 is 0.867 bits per heavy atom. The van der Waals surface area contributed by atoms with Crippen LogP contribution in [0.2, 0.25) is 5.04 Å². The molecule has 4 aromatic rings. The maximum Gasteiger partial charge on any atom is 0.261 e. The highest BCUT2D eigenvalue weighted by atomic mass is 28.4. The van der Waals surface area contributed by atoms with Crippen molar-refractivity contribution in [3.8, 4) is 5.75 Å². The molecule has 4 aromatic carbocycles. The molecule has 0 spiro atoms. The number of aromatic hydroxyl groups is 1. The Bertz CT molecular complexity index is 2100. The van der Waals surface area contributed by atoms with Crippen LogP contribution in [0.3, 0.4) is 0 Å². The second-order valence-corrected chi connectivity index (χ2v) is 22.3. The molecule has 7 rings (SSSR count). The number of piperidine rings is 1. The van der Waals surface area contributed by atoms with Gasteiger partial charge in [-0.25, -0.2) is 0 Å². The molecule has 0 bridgehead atoms. The van der Waals surface area contributed by atoms with Crippen LogP contribution in [0.15, 0.2) is 132 Å².